The van der Waals surface area contributed by atoms with Crippen molar-refractivity contribution in [1.82, 2.24) is 15.3 Å². The SMILES string of the molecule is CC(=O)NCCNc1cc(Cl)nc(Cl)n1. The Balaban J connectivity index is 2.40. The molecular formula is C8H10Cl2N4O. The maximum Gasteiger partial charge on any atom is 0.225 e. The summed E-state index contributed by atoms with van der Waals surface area (Å²) >= 11 is 11.3. The second-order valence-corrected chi connectivity index (χ2v) is 3.48. The molecule has 1 rings (SSSR count). The fraction of sp³-hybridized carbons (Fsp3) is 0.375. The van der Waals surface area contributed by atoms with Crippen LogP contribution in [0, 0.1) is 0 Å². The minimum absolute atomic E-state index is 0.0736. The highest BCUT2D eigenvalue weighted by atomic mass is 35.5. The average Bonchev–Trinajstić information content (AvgIpc) is 2.10. The van der Waals surface area contributed by atoms with Crippen molar-refractivity contribution in [3.8, 4) is 0 Å². The first-order valence-corrected chi connectivity index (χ1v) is 5.02. The largest absolute Gasteiger partial charge is 0.368 e. The summed E-state index contributed by atoms with van der Waals surface area (Å²) in [7, 11) is 0. The maximum atomic E-state index is 10.6. The number of rotatable bonds is 4. The Kier molecular flexibility index (Phi) is 4.58. The van der Waals surface area contributed by atoms with Crippen molar-refractivity contribution < 1.29 is 4.79 Å². The summed E-state index contributed by atoms with van der Waals surface area (Å²) in [6, 6.07) is 1.56. The lowest BCUT2D eigenvalue weighted by Crippen LogP contribution is -2.26. The zero-order valence-electron chi connectivity index (χ0n) is 8.05. The molecule has 0 fully saturated rings. The van der Waals surface area contributed by atoms with Gasteiger partial charge in [-0.3, -0.25) is 4.79 Å². The Morgan fingerprint density at radius 2 is 2.13 bits per heavy atom. The van der Waals surface area contributed by atoms with E-state index < -0.39 is 0 Å². The van der Waals surface area contributed by atoms with E-state index in [2.05, 4.69) is 20.6 Å². The van der Waals surface area contributed by atoms with Crippen LogP contribution in [0.25, 0.3) is 0 Å². The third-order valence-electron chi connectivity index (χ3n) is 1.47. The number of aromatic nitrogens is 2. The van der Waals surface area contributed by atoms with E-state index in [1.54, 1.807) is 6.07 Å². The van der Waals surface area contributed by atoms with E-state index in [0.29, 0.717) is 18.9 Å². The van der Waals surface area contributed by atoms with Gasteiger partial charge in [0.2, 0.25) is 11.2 Å². The molecule has 0 saturated carbocycles. The number of halogens is 2. The fourth-order valence-electron chi connectivity index (χ4n) is 0.910. The molecule has 0 aromatic carbocycles. The minimum atomic E-state index is -0.0736. The Hall–Kier alpha value is -1.07. The molecule has 0 aliphatic heterocycles. The molecule has 1 amide bonds. The highest BCUT2D eigenvalue weighted by molar-refractivity contribution is 6.32. The van der Waals surface area contributed by atoms with Crippen molar-refractivity contribution in [1.29, 1.82) is 0 Å². The molecule has 1 heterocycles. The van der Waals surface area contributed by atoms with Crippen molar-refractivity contribution in [2.45, 2.75) is 6.92 Å². The summed E-state index contributed by atoms with van der Waals surface area (Å²) in [6.45, 7) is 2.51. The Labute approximate surface area is 97.2 Å². The molecule has 1 aromatic heterocycles. The summed E-state index contributed by atoms with van der Waals surface area (Å²) in [5.41, 5.74) is 0. The smallest absolute Gasteiger partial charge is 0.225 e. The fourth-order valence-corrected chi connectivity index (χ4v) is 1.32. The molecular weight excluding hydrogens is 239 g/mol. The van der Waals surface area contributed by atoms with Gasteiger partial charge in [-0.05, 0) is 11.6 Å². The molecule has 5 nitrogen and oxygen atoms in total. The molecule has 0 atom stereocenters. The van der Waals surface area contributed by atoms with E-state index in [0.717, 1.165) is 0 Å². The van der Waals surface area contributed by atoms with Crippen LogP contribution in [0.5, 0.6) is 0 Å². The van der Waals surface area contributed by atoms with Gasteiger partial charge in [0.15, 0.2) is 0 Å². The quantitative estimate of drug-likeness (QED) is 0.480. The molecule has 0 spiro atoms. The van der Waals surface area contributed by atoms with Gasteiger partial charge in [0.25, 0.3) is 0 Å². The topological polar surface area (TPSA) is 66.9 Å². The van der Waals surface area contributed by atoms with Gasteiger partial charge >= 0.3 is 0 Å². The zero-order valence-corrected chi connectivity index (χ0v) is 9.56. The minimum Gasteiger partial charge on any atom is -0.368 e. The molecule has 82 valence electrons. The first kappa shape index (κ1) is 12.0. The van der Waals surface area contributed by atoms with Gasteiger partial charge < -0.3 is 10.6 Å². The lowest BCUT2D eigenvalue weighted by Gasteiger charge is -2.06. The standard InChI is InChI=1S/C8H10Cl2N4O/c1-5(15)11-2-3-12-7-4-6(9)13-8(10)14-7/h4H,2-3H2,1H3,(H,11,15)(H,12,13,14). The summed E-state index contributed by atoms with van der Waals surface area (Å²) in [5, 5.41) is 5.94. The molecule has 0 unspecified atom stereocenters. The molecule has 0 bridgehead atoms. The molecule has 0 aliphatic carbocycles. The number of nitrogens with zero attached hydrogens (tertiary/aromatic N) is 2. The predicted octanol–water partition coefficient (Wildman–Crippen LogP) is 1.33. The van der Waals surface area contributed by atoms with Crippen molar-refractivity contribution in [2.75, 3.05) is 18.4 Å². The van der Waals surface area contributed by atoms with Crippen molar-refractivity contribution in [2.24, 2.45) is 0 Å². The maximum absolute atomic E-state index is 10.6. The highest BCUT2D eigenvalue weighted by Crippen LogP contribution is 2.13. The van der Waals surface area contributed by atoms with Crippen LogP contribution in [0.3, 0.4) is 0 Å². The number of hydrogen-bond acceptors (Lipinski definition) is 4. The van der Waals surface area contributed by atoms with Gasteiger partial charge in [-0.2, -0.15) is 0 Å². The number of anilines is 1. The molecule has 0 radical (unpaired) electrons. The number of hydrogen-bond donors (Lipinski definition) is 2. The van der Waals surface area contributed by atoms with Crippen molar-refractivity contribution in [3.05, 3.63) is 16.5 Å². The molecule has 1 aromatic rings. The number of amides is 1. The summed E-state index contributed by atoms with van der Waals surface area (Å²) in [4.78, 5) is 18.2. The Morgan fingerprint density at radius 3 is 2.73 bits per heavy atom. The third kappa shape index (κ3) is 4.80. The average molecular weight is 249 g/mol. The van der Waals surface area contributed by atoms with Crippen LogP contribution in [0.2, 0.25) is 10.4 Å². The second kappa shape index (κ2) is 5.72. The Bertz CT molecular complexity index is 338. The van der Waals surface area contributed by atoms with E-state index in [4.69, 9.17) is 23.2 Å². The van der Waals surface area contributed by atoms with Gasteiger partial charge in [0.1, 0.15) is 11.0 Å². The van der Waals surface area contributed by atoms with Crippen LogP contribution in [-0.4, -0.2) is 29.0 Å². The molecule has 7 heteroatoms. The van der Waals surface area contributed by atoms with Gasteiger partial charge in [-0.15, -0.1) is 0 Å². The monoisotopic (exact) mass is 248 g/mol. The van der Waals surface area contributed by atoms with Crippen LogP contribution in [-0.2, 0) is 4.79 Å². The first-order valence-electron chi connectivity index (χ1n) is 4.26. The van der Waals surface area contributed by atoms with Crippen LogP contribution in [0.1, 0.15) is 6.92 Å². The van der Waals surface area contributed by atoms with E-state index >= 15 is 0 Å². The number of nitrogens with one attached hydrogen (secondary N) is 2. The lowest BCUT2D eigenvalue weighted by molar-refractivity contribution is -0.118. The van der Waals surface area contributed by atoms with Crippen LogP contribution in [0.15, 0.2) is 6.07 Å². The molecule has 0 saturated heterocycles. The van der Waals surface area contributed by atoms with Crippen LogP contribution >= 0.6 is 23.2 Å². The van der Waals surface area contributed by atoms with Crippen LogP contribution < -0.4 is 10.6 Å². The van der Waals surface area contributed by atoms with Gasteiger partial charge in [-0.1, -0.05) is 11.6 Å². The van der Waals surface area contributed by atoms with E-state index in [9.17, 15) is 4.79 Å². The van der Waals surface area contributed by atoms with E-state index in [-0.39, 0.29) is 16.3 Å². The highest BCUT2D eigenvalue weighted by Gasteiger charge is 2.00. The normalized spacial score (nSPS) is 9.80. The third-order valence-corrected chi connectivity index (χ3v) is 1.84. The molecule has 0 aliphatic rings. The van der Waals surface area contributed by atoms with Gasteiger partial charge in [-0.25, -0.2) is 9.97 Å². The number of carbonyl (C=O) groups excluding carboxylic acids is 1. The number of carbonyl (C=O) groups is 1. The van der Waals surface area contributed by atoms with Crippen molar-refractivity contribution >= 4 is 34.9 Å². The summed E-state index contributed by atoms with van der Waals surface area (Å²) < 4.78 is 0. The lowest BCUT2D eigenvalue weighted by atomic mass is 10.5. The first-order chi connectivity index (χ1) is 7.08. The van der Waals surface area contributed by atoms with E-state index in [1.807, 2.05) is 0 Å². The van der Waals surface area contributed by atoms with E-state index in [1.165, 1.54) is 6.92 Å². The van der Waals surface area contributed by atoms with Gasteiger partial charge in [0, 0.05) is 26.1 Å². The Morgan fingerprint density at radius 1 is 1.40 bits per heavy atom. The van der Waals surface area contributed by atoms with Crippen LogP contribution in [0.4, 0.5) is 5.82 Å². The summed E-state index contributed by atoms with van der Waals surface area (Å²) in [5.74, 6) is 0.459. The second-order valence-electron chi connectivity index (χ2n) is 2.75. The zero-order chi connectivity index (χ0) is 11.3. The summed E-state index contributed by atoms with van der Waals surface area (Å²) in [6.07, 6.45) is 0. The van der Waals surface area contributed by atoms with Crippen molar-refractivity contribution in [3.63, 3.8) is 0 Å². The van der Waals surface area contributed by atoms with Gasteiger partial charge in [0.05, 0.1) is 0 Å². The molecule has 15 heavy (non-hydrogen) atoms. The molecule has 2 N–H and O–H groups in total. The predicted molar refractivity (Wildman–Crippen MR) is 59.2 cm³/mol.